The molecule has 0 saturated carbocycles. The van der Waals surface area contributed by atoms with Gasteiger partial charge in [-0.05, 0) is 0 Å². The molecule has 0 radical (unpaired) electrons. The van der Waals surface area contributed by atoms with Gasteiger partial charge in [-0.2, -0.15) is 0 Å². The van der Waals surface area contributed by atoms with Crippen molar-refractivity contribution in [3.8, 4) is 0 Å². The first kappa shape index (κ1) is 20.2. The molecule has 4 aliphatic heterocycles. The van der Waals surface area contributed by atoms with E-state index in [0.29, 0.717) is 0 Å². The summed E-state index contributed by atoms with van der Waals surface area (Å²) in [4.78, 5) is 9.88. The van der Waals surface area contributed by atoms with Crippen LogP contribution in [0.2, 0.25) is 0 Å². The van der Waals surface area contributed by atoms with Gasteiger partial charge in [0.2, 0.25) is 0 Å². The van der Waals surface area contributed by atoms with Crippen LogP contribution in [0.1, 0.15) is 0 Å². The molecule has 0 spiro atoms. The Labute approximate surface area is 167 Å². The van der Waals surface area contributed by atoms with E-state index in [2.05, 4.69) is 131 Å². The van der Waals surface area contributed by atoms with Gasteiger partial charge in [-0.15, -0.1) is 0 Å². The van der Waals surface area contributed by atoms with Gasteiger partial charge in [0.05, 0.1) is 40.0 Å². The molecular formula is C6H12I6N4. The second-order valence-corrected chi connectivity index (χ2v) is 3.53. The normalized spacial score (nSPS) is 37.1. The van der Waals surface area contributed by atoms with Crippen LogP contribution in [0.4, 0.5) is 0 Å². The van der Waals surface area contributed by atoms with E-state index in [9.17, 15) is 0 Å². The minimum Gasteiger partial charge on any atom is -0.264 e. The molecule has 4 heterocycles. The fourth-order valence-corrected chi connectivity index (χ4v) is 2.23. The standard InChI is InChI=1S/C6H12N4.3I2/c1-7-2-9-4-8(1)5-10(3-7)6-9;3*1-2/h1-6H2;;;. The lowest BCUT2D eigenvalue weighted by Gasteiger charge is -2.56. The quantitative estimate of drug-likeness (QED) is 0.337. The Bertz CT molecular complexity index is 117. The summed E-state index contributed by atoms with van der Waals surface area (Å²) < 4.78 is 0. The molecule has 4 aliphatic rings. The lowest BCUT2D eigenvalue weighted by Crippen LogP contribution is -2.71. The van der Waals surface area contributed by atoms with Gasteiger partial charge in [0, 0.05) is 112 Å². The first-order valence-electron chi connectivity index (χ1n) is 4.22. The highest BCUT2D eigenvalue weighted by Gasteiger charge is 2.36. The zero-order valence-electron chi connectivity index (χ0n) is 8.30. The van der Waals surface area contributed by atoms with Crippen molar-refractivity contribution in [2.75, 3.05) is 40.0 Å². The van der Waals surface area contributed by atoms with E-state index < -0.39 is 0 Å². The molecule has 0 N–H and O–H groups in total. The van der Waals surface area contributed by atoms with Crippen molar-refractivity contribution in [1.29, 1.82) is 0 Å². The molecule has 0 aliphatic carbocycles. The summed E-state index contributed by atoms with van der Waals surface area (Å²) in [6.45, 7) is 7.12. The maximum absolute atomic E-state index is 2.47. The van der Waals surface area contributed by atoms with Gasteiger partial charge in [0.1, 0.15) is 0 Å². The molecule has 0 aromatic carbocycles. The van der Waals surface area contributed by atoms with Crippen molar-refractivity contribution in [1.82, 2.24) is 19.6 Å². The molecule has 0 atom stereocenters. The second kappa shape index (κ2) is 12.9. The van der Waals surface area contributed by atoms with Crippen molar-refractivity contribution in [3.05, 3.63) is 0 Å². The summed E-state index contributed by atoms with van der Waals surface area (Å²) in [5.41, 5.74) is 0. The summed E-state index contributed by atoms with van der Waals surface area (Å²) in [5.74, 6) is 0. The zero-order valence-corrected chi connectivity index (χ0v) is 21.2. The Kier molecular flexibility index (Phi) is 16.3. The van der Waals surface area contributed by atoms with E-state index in [1.54, 1.807) is 0 Å². The first-order chi connectivity index (χ1) is 7.90. The highest BCUT2D eigenvalue weighted by atomic mass is 128. The molecule has 4 fully saturated rings. The van der Waals surface area contributed by atoms with Crippen LogP contribution in [-0.4, -0.2) is 59.6 Å². The summed E-state index contributed by atoms with van der Waals surface area (Å²) >= 11 is 12.7. The first-order valence-corrected chi connectivity index (χ1v) is 23.1. The number of hydrogen-bond donors (Lipinski definition) is 0. The van der Waals surface area contributed by atoms with Crippen LogP contribution >= 0.6 is 112 Å². The second-order valence-electron chi connectivity index (χ2n) is 3.53. The smallest absolute Gasteiger partial charge is 0.0555 e. The van der Waals surface area contributed by atoms with Gasteiger partial charge >= 0.3 is 0 Å². The molecule has 0 unspecified atom stereocenters. The Hall–Kier alpha value is 4.22. The lowest BCUT2D eigenvalue weighted by atomic mass is 10.4. The molecule has 4 bridgehead atoms. The summed E-state index contributed by atoms with van der Waals surface area (Å²) in [6, 6.07) is 0. The Morgan fingerprint density at radius 1 is 0.375 bits per heavy atom. The average molecular weight is 902 g/mol. The topological polar surface area (TPSA) is 13.0 Å². The van der Waals surface area contributed by atoms with Crippen molar-refractivity contribution in [2.24, 2.45) is 0 Å². The van der Waals surface area contributed by atoms with Gasteiger partial charge < -0.3 is 0 Å². The van der Waals surface area contributed by atoms with Crippen molar-refractivity contribution in [2.45, 2.75) is 0 Å². The van der Waals surface area contributed by atoms with Crippen LogP contribution in [0.15, 0.2) is 0 Å². The van der Waals surface area contributed by atoms with E-state index >= 15 is 0 Å². The third-order valence-corrected chi connectivity index (χ3v) is 2.40. The molecule has 10 heteroatoms. The third-order valence-electron chi connectivity index (χ3n) is 2.40. The van der Waals surface area contributed by atoms with Gasteiger partial charge in [0.15, 0.2) is 0 Å². The van der Waals surface area contributed by atoms with Crippen LogP contribution < -0.4 is 0 Å². The minimum absolute atomic E-state index is 1.19. The average Bonchev–Trinajstić information content (AvgIpc) is 2.35. The summed E-state index contributed by atoms with van der Waals surface area (Å²) in [7, 11) is 0. The molecule has 16 heavy (non-hydrogen) atoms. The van der Waals surface area contributed by atoms with Crippen LogP contribution in [0.25, 0.3) is 0 Å². The summed E-state index contributed by atoms with van der Waals surface area (Å²) in [5, 5.41) is 0. The van der Waals surface area contributed by atoms with E-state index in [1.807, 2.05) is 0 Å². The zero-order chi connectivity index (χ0) is 12.6. The fourth-order valence-electron chi connectivity index (χ4n) is 2.23. The molecule has 0 aromatic rings. The van der Waals surface area contributed by atoms with Crippen LogP contribution in [0, 0.1) is 0 Å². The third kappa shape index (κ3) is 6.78. The number of halogens is 6. The van der Waals surface area contributed by atoms with E-state index in [-0.39, 0.29) is 0 Å². The molecule has 4 saturated heterocycles. The number of hydrogen-bond acceptors (Lipinski definition) is 4. The van der Waals surface area contributed by atoms with Gasteiger partial charge in [0.25, 0.3) is 0 Å². The Morgan fingerprint density at radius 2 is 0.500 bits per heavy atom. The van der Waals surface area contributed by atoms with Gasteiger partial charge in [-0.3, -0.25) is 19.6 Å². The summed E-state index contributed by atoms with van der Waals surface area (Å²) in [6.07, 6.45) is 0. The lowest BCUT2D eigenvalue weighted by molar-refractivity contribution is -0.194. The van der Waals surface area contributed by atoms with Crippen LogP contribution in [-0.2, 0) is 0 Å². The predicted molar refractivity (Wildman–Crippen MR) is 121 cm³/mol. The monoisotopic (exact) mass is 902 g/mol. The van der Waals surface area contributed by atoms with Crippen LogP contribution in [0.3, 0.4) is 0 Å². The Balaban J connectivity index is 0.000000332. The molecular weight excluding hydrogens is 890 g/mol. The highest BCUT2D eigenvalue weighted by Crippen LogP contribution is 2.20. The number of rotatable bonds is 0. The maximum Gasteiger partial charge on any atom is 0.0555 e. The molecule has 4 nitrogen and oxygen atoms in total. The van der Waals surface area contributed by atoms with E-state index in [4.69, 9.17) is 0 Å². The Morgan fingerprint density at radius 3 is 0.625 bits per heavy atom. The van der Waals surface area contributed by atoms with Gasteiger partial charge in [-0.1, -0.05) is 0 Å². The van der Waals surface area contributed by atoms with Gasteiger partial charge in [-0.25, -0.2) is 0 Å². The largest absolute Gasteiger partial charge is 0.264 e. The van der Waals surface area contributed by atoms with Crippen molar-refractivity contribution in [3.63, 3.8) is 0 Å². The van der Waals surface area contributed by atoms with Crippen molar-refractivity contribution >= 4 is 112 Å². The highest BCUT2D eigenvalue weighted by molar-refractivity contribution is 15.0. The van der Waals surface area contributed by atoms with Crippen molar-refractivity contribution < 1.29 is 0 Å². The van der Waals surface area contributed by atoms with E-state index in [1.165, 1.54) is 40.0 Å². The molecule has 4 rings (SSSR count). The SMILES string of the molecule is C1N2CN3CN1CN(C2)C3.II.II.II. The maximum atomic E-state index is 2.47. The number of nitrogens with zero attached hydrogens (tertiary/aromatic N) is 4. The molecule has 0 aromatic heterocycles. The predicted octanol–water partition coefficient (Wildman–Crippen LogP) is 4.29. The van der Waals surface area contributed by atoms with Crippen LogP contribution in [0.5, 0.6) is 0 Å². The minimum atomic E-state index is 1.19. The molecule has 98 valence electrons. The molecule has 0 amide bonds. The van der Waals surface area contributed by atoms with E-state index in [0.717, 1.165) is 0 Å². The fraction of sp³-hybridized carbons (Fsp3) is 1.00.